The lowest BCUT2D eigenvalue weighted by molar-refractivity contribution is -0.684. The molecular weight excluding hydrogens is 524 g/mol. The van der Waals surface area contributed by atoms with E-state index in [9.17, 15) is 19.5 Å². The van der Waals surface area contributed by atoms with E-state index >= 15 is 0 Å². The molecule has 2 aromatic carbocycles. The first-order valence-corrected chi connectivity index (χ1v) is 13.1. The summed E-state index contributed by atoms with van der Waals surface area (Å²) < 4.78 is 7.39. The number of unbranched alkanes of at least 4 members (excludes halogenated alkanes) is 1. The van der Waals surface area contributed by atoms with Crippen LogP contribution in [0.1, 0.15) is 53.2 Å². The number of aromatic hydroxyl groups is 1. The Labute approximate surface area is 232 Å². The van der Waals surface area contributed by atoms with E-state index in [0.717, 1.165) is 11.1 Å². The number of amides is 3. The Morgan fingerprint density at radius 3 is 2.51 bits per heavy atom. The molecule has 3 amide bonds. The summed E-state index contributed by atoms with van der Waals surface area (Å²) in [5.74, 6) is 0.242. The van der Waals surface area contributed by atoms with Crippen LogP contribution in [0, 0.1) is 0 Å². The van der Waals surface area contributed by atoms with Gasteiger partial charge in [0.05, 0.1) is 6.42 Å². The maximum absolute atomic E-state index is 12.8. The first-order valence-electron chi connectivity index (χ1n) is 12.7. The predicted molar refractivity (Wildman–Crippen MR) is 144 cm³/mol. The number of rotatable bonds is 14. The number of aryl methyl sites for hydroxylation is 1. The van der Waals surface area contributed by atoms with Crippen LogP contribution in [0.25, 0.3) is 0 Å². The average Bonchev–Trinajstić information content (AvgIpc) is 3.27. The third-order valence-electron chi connectivity index (χ3n) is 6.29. The Hall–Kier alpha value is -4.05. The van der Waals surface area contributed by atoms with Gasteiger partial charge in [-0.1, -0.05) is 41.9 Å². The number of para-hydroxylation sites is 1. The Morgan fingerprint density at radius 1 is 1.05 bits per heavy atom. The zero-order chi connectivity index (χ0) is 28.2. The van der Waals surface area contributed by atoms with Gasteiger partial charge in [0.1, 0.15) is 12.8 Å². The molecule has 1 atom stereocenters. The third kappa shape index (κ3) is 9.64. The number of carbonyl (C=O) groups excluding carboxylic acids is 2. The summed E-state index contributed by atoms with van der Waals surface area (Å²) in [6.45, 7) is 0.613. The van der Waals surface area contributed by atoms with Crippen LogP contribution in [-0.2, 0) is 31.2 Å². The van der Waals surface area contributed by atoms with Crippen LogP contribution in [-0.4, -0.2) is 40.7 Å². The number of nitrogens with zero attached hydrogens (tertiary/aromatic N) is 1. The Morgan fingerprint density at radius 2 is 1.79 bits per heavy atom. The second kappa shape index (κ2) is 14.8. The van der Waals surface area contributed by atoms with Crippen molar-refractivity contribution in [1.82, 2.24) is 16.0 Å². The van der Waals surface area contributed by atoms with Gasteiger partial charge in [-0.3, -0.25) is 9.59 Å². The minimum atomic E-state index is -1.09. The molecule has 0 saturated carbocycles. The fraction of sp³-hybridized carbons (Fsp3) is 0.357. The van der Waals surface area contributed by atoms with Crippen molar-refractivity contribution in [2.75, 3.05) is 6.54 Å². The molecule has 0 fully saturated rings. The zero-order valence-electron chi connectivity index (χ0n) is 21.8. The molecule has 208 valence electrons. The van der Waals surface area contributed by atoms with Crippen LogP contribution < -0.4 is 20.5 Å². The number of hydrogen-bond acceptors (Lipinski definition) is 5. The molecule has 0 saturated heterocycles. The summed E-state index contributed by atoms with van der Waals surface area (Å²) >= 11 is 5.92. The van der Waals surface area contributed by atoms with Crippen LogP contribution >= 0.6 is 11.6 Å². The number of halogens is 1. The number of phenols is 1. The van der Waals surface area contributed by atoms with Gasteiger partial charge in [-0.05, 0) is 55.0 Å². The highest BCUT2D eigenvalue weighted by Crippen LogP contribution is 2.19. The summed E-state index contributed by atoms with van der Waals surface area (Å²) in [6, 6.07) is 13.9. The quantitative estimate of drug-likeness (QED) is 0.151. The summed E-state index contributed by atoms with van der Waals surface area (Å²) in [4.78, 5) is 36.0. The molecular formula is C28H34ClN4O6+. The molecule has 5 N–H and O–H groups in total. The number of hydrogen-bond donors (Lipinski definition) is 5. The number of carbonyl (C=O) groups is 3. The van der Waals surface area contributed by atoms with Crippen LogP contribution in [0.15, 0.2) is 59.2 Å². The number of benzene rings is 2. The fourth-order valence-corrected chi connectivity index (χ4v) is 4.20. The van der Waals surface area contributed by atoms with E-state index in [4.69, 9.17) is 21.1 Å². The molecule has 1 heterocycles. The fourth-order valence-electron chi connectivity index (χ4n) is 4.08. The van der Waals surface area contributed by atoms with Crippen LogP contribution in [0.2, 0.25) is 5.02 Å². The SMILES string of the molecule is C[n+]1c(C(=O)NCc2ccc(Cl)cc2)coc1CC(CCc1ccccc1O)NC(=O)CCCCNC(=O)O. The molecule has 39 heavy (non-hydrogen) atoms. The molecule has 0 aliphatic carbocycles. The van der Waals surface area contributed by atoms with Crippen molar-refractivity contribution in [2.24, 2.45) is 7.05 Å². The van der Waals surface area contributed by atoms with Crippen molar-refractivity contribution >= 4 is 29.5 Å². The highest BCUT2D eigenvalue weighted by atomic mass is 35.5. The maximum atomic E-state index is 12.8. The maximum Gasteiger partial charge on any atom is 0.404 e. The molecule has 1 unspecified atom stereocenters. The topological polar surface area (TPSA) is 145 Å². The lowest BCUT2D eigenvalue weighted by Crippen LogP contribution is -2.44. The lowest BCUT2D eigenvalue weighted by atomic mass is 10.0. The van der Waals surface area contributed by atoms with Crippen molar-refractivity contribution < 1.29 is 33.6 Å². The molecule has 0 aliphatic heterocycles. The number of phenolic OH excluding ortho intramolecular Hbond substituents is 1. The minimum Gasteiger partial charge on any atom is -0.508 e. The van der Waals surface area contributed by atoms with E-state index in [2.05, 4.69) is 16.0 Å². The van der Waals surface area contributed by atoms with E-state index < -0.39 is 6.09 Å². The van der Waals surface area contributed by atoms with Gasteiger partial charge in [0, 0.05) is 30.6 Å². The van der Waals surface area contributed by atoms with E-state index in [1.165, 1.54) is 6.26 Å². The Bertz CT molecular complexity index is 1260. The number of oxazole rings is 1. The predicted octanol–water partition coefficient (Wildman–Crippen LogP) is 3.49. The molecule has 0 bridgehead atoms. The molecule has 3 aromatic rings. The largest absolute Gasteiger partial charge is 0.508 e. The van der Waals surface area contributed by atoms with E-state index in [1.54, 1.807) is 35.9 Å². The van der Waals surface area contributed by atoms with Crippen LogP contribution in [0.3, 0.4) is 0 Å². The molecule has 1 aromatic heterocycles. The Kier molecular flexibility index (Phi) is 11.2. The van der Waals surface area contributed by atoms with Crippen molar-refractivity contribution in [3.05, 3.63) is 82.5 Å². The first kappa shape index (κ1) is 29.5. The highest BCUT2D eigenvalue weighted by molar-refractivity contribution is 6.30. The molecule has 3 rings (SSSR count). The zero-order valence-corrected chi connectivity index (χ0v) is 22.5. The molecule has 11 heteroatoms. The number of carboxylic acid groups (broad SMARTS) is 1. The monoisotopic (exact) mass is 557 g/mol. The van der Waals surface area contributed by atoms with Crippen molar-refractivity contribution in [3.63, 3.8) is 0 Å². The van der Waals surface area contributed by atoms with E-state index in [1.807, 2.05) is 24.3 Å². The highest BCUT2D eigenvalue weighted by Gasteiger charge is 2.28. The van der Waals surface area contributed by atoms with E-state index in [-0.39, 0.29) is 36.6 Å². The van der Waals surface area contributed by atoms with Crippen molar-refractivity contribution in [3.8, 4) is 5.75 Å². The van der Waals surface area contributed by atoms with Gasteiger partial charge in [-0.25, -0.2) is 4.79 Å². The summed E-state index contributed by atoms with van der Waals surface area (Å²) in [5, 5.41) is 27.6. The first-order chi connectivity index (χ1) is 18.7. The number of aromatic nitrogens is 1. The summed E-state index contributed by atoms with van der Waals surface area (Å²) in [5.41, 5.74) is 2.02. The molecule has 0 radical (unpaired) electrons. The minimum absolute atomic E-state index is 0.164. The summed E-state index contributed by atoms with van der Waals surface area (Å²) in [6.07, 6.45) is 3.02. The normalized spacial score (nSPS) is 11.5. The molecule has 0 spiro atoms. The van der Waals surface area contributed by atoms with Gasteiger partial charge >= 0.3 is 23.6 Å². The van der Waals surface area contributed by atoms with Gasteiger partial charge in [-0.15, -0.1) is 0 Å². The van der Waals surface area contributed by atoms with Crippen molar-refractivity contribution in [1.29, 1.82) is 0 Å². The van der Waals surface area contributed by atoms with Crippen molar-refractivity contribution in [2.45, 2.75) is 51.1 Å². The second-order valence-corrected chi connectivity index (χ2v) is 9.64. The van der Waals surface area contributed by atoms with Gasteiger partial charge in [0.15, 0.2) is 6.26 Å². The third-order valence-corrected chi connectivity index (χ3v) is 6.54. The average molecular weight is 558 g/mol. The molecule has 0 aliphatic rings. The molecule has 10 nitrogen and oxygen atoms in total. The van der Waals surface area contributed by atoms with Crippen LogP contribution in [0.5, 0.6) is 5.75 Å². The van der Waals surface area contributed by atoms with Gasteiger partial charge in [0.25, 0.3) is 0 Å². The standard InChI is InChI=1S/C28H33ClN4O6/c1-33-23(27(36)31-17-19-9-12-21(29)13-10-19)18-39-26(33)16-22(14-11-20-6-2-3-7-24(20)34)32-25(35)8-4-5-15-30-28(37)38/h2-3,6-7,9-10,12-13,18,22,30H,4-5,8,11,14-17H2,1H3,(H3-,31,32,34,35,36,37,38)/p+1. The lowest BCUT2D eigenvalue weighted by Gasteiger charge is -2.17. The van der Waals surface area contributed by atoms with Gasteiger partial charge in [-0.2, -0.15) is 4.57 Å². The second-order valence-electron chi connectivity index (χ2n) is 9.21. The van der Waals surface area contributed by atoms with Gasteiger partial charge in [0.2, 0.25) is 5.91 Å². The van der Waals surface area contributed by atoms with Crippen LogP contribution in [0.4, 0.5) is 4.79 Å². The number of nitrogens with one attached hydrogen (secondary N) is 3. The van der Waals surface area contributed by atoms with E-state index in [0.29, 0.717) is 55.3 Å². The van der Waals surface area contributed by atoms with Gasteiger partial charge < -0.3 is 30.6 Å². The smallest absolute Gasteiger partial charge is 0.404 e. The Balaban J connectivity index is 1.62. The summed E-state index contributed by atoms with van der Waals surface area (Å²) in [7, 11) is 1.73.